The van der Waals surface area contributed by atoms with Gasteiger partial charge in [0.05, 0.1) is 11.8 Å². The van der Waals surface area contributed by atoms with E-state index in [-0.39, 0.29) is 11.7 Å². The van der Waals surface area contributed by atoms with Gasteiger partial charge in [-0.1, -0.05) is 6.42 Å². The van der Waals surface area contributed by atoms with E-state index in [1.54, 1.807) is 6.07 Å². The summed E-state index contributed by atoms with van der Waals surface area (Å²) in [5.41, 5.74) is 0.483. The molecule has 2 heterocycles. The zero-order valence-electron chi connectivity index (χ0n) is 8.36. The van der Waals surface area contributed by atoms with Gasteiger partial charge >= 0.3 is 0 Å². The van der Waals surface area contributed by atoms with Gasteiger partial charge in [0.25, 0.3) is 0 Å². The van der Waals surface area contributed by atoms with E-state index in [4.69, 9.17) is 4.42 Å². The summed E-state index contributed by atoms with van der Waals surface area (Å²) in [4.78, 5) is 23.5. The number of Topliss-reactive ketones (excluding diaryl/α,β-unsaturated/α-hetero) is 1. The first-order chi connectivity index (χ1) is 7.29. The van der Waals surface area contributed by atoms with Crippen molar-refractivity contribution in [1.29, 1.82) is 0 Å². The molecule has 15 heavy (non-hydrogen) atoms. The highest BCUT2D eigenvalue weighted by Gasteiger charge is 2.28. The minimum absolute atomic E-state index is 0.136. The summed E-state index contributed by atoms with van der Waals surface area (Å²) in [6.07, 6.45) is 5.33. The second-order valence-electron chi connectivity index (χ2n) is 3.72. The number of nitrogens with one attached hydrogen (secondary N) is 1. The predicted molar refractivity (Wildman–Crippen MR) is 53.4 cm³/mol. The smallest absolute Gasteiger partial charge is 0.230 e. The van der Waals surface area contributed by atoms with Crippen molar-refractivity contribution in [3.63, 3.8) is 0 Å². The number of carbonyl (C=O) groups excluding carboxylic acids is 2. The molecule has 1 unspecified atom stereocenters. The van der Waals surface area contributed by atoms with Crippen molar-refractivity contribution in [2.75, 3.05) is 6.54 Å². The van der Waals surface area contributed by atoms with Crippen molar-refractivity contribution >= 4 is 11.7 Å². The Hall–Kier alpha value is -1.58. The van der Waals surface area contributed by atoms with Crippen LogP contribution in [0.4, 0.5) is 0 Å². The molecule has 1 atom stereocenters. The molecule has 1 aromatic rings. The van der Waals surface area contributed by atoms with Crippen LogP contribution in [0, 0.1) is 5.92 Å². The maximum absolute atomic E-state index is 11.9. The molecule has 0 aromatic carbocycles. The van der Waals surface area contributed by atoms with Crippen LogP contribution >= 0.6 is 0 Å². The molecule has 1 N–H and O–H groups in total. The molecule has 0 aliphatic carbocycles. The van der Waals surface area contributed by atoms with Gasteiger partial charge in [-0.15, -0.1) is 0 Å². The van der Waals surface area contributed by atoms with Gasteiger partial charge < -0.3 is 9.73 Å². The van der Waals surface area contributed by atoms with E-state index in [0.717, 1.165) is 12.8 Å². The Morgan fingerprint density at radius 3 is 3.07 bits per heavy atom. The molecular weight excluding hydrogens is 194 g/mol. The quantitative estimate of drug-likeness (QED) is 0.588. The number of furan rings is 1. The van der Waals surface area contributed by atoms with E-state index in [1.165, 1.54) is 12.5 Å². The molecule has 80 valence electrons. The minimum atomic E-state index is -0.537. The fraction of sp³-hybridized carbons (Fsp3) is 0.455. The summed E-state index contributed by atoms with van der Waals surface area (Å²) in [5, 5.41) is 2.75. The molecule has 1 saturated heterocycles. The van der Waals surface area contributed by atoms with Gasteiger partial charge in [-0.2, -0.15) is 0 Å². The Bertz CT molecular complexity index is 356. The van der Waals surface area contributed by atoms with E-state index in [9.17, 15) is 9.59 Å². The lowest BCUT2D eigenvalue weighted by molar-refractivity contribution is -0.123. The van der Waals surface area contributed by atoms with Gasteiger partial charge in [0.2, 0.25) is 5.91 Å². The highest BCUT2D eigenvalue weighted by atomic mass is 16.3. The van der Waals surface area contributed by atoms with Crippen LogP contribution in [0.1, 0.15) is 29.6 Å². The Balaban J connectivity index is 2.14. The van der Waals surface area contributed by atoms with Crippen LogP contribution in [0.3, 0.4) is 0 Å². The van der Waals surface area contributed by atoms with Crippen LogP contribution in [0.5, 0.6) is 0 Å². The van der Waals surface area contributed by atoms with E-state index >= 15 is 0 Å². The standard InChI is InChI=1S/C11H13NO3/c13-10(8-4-6-15-7-8)9-3-1-2-5-12-11(9)14/h4,6-7,9H,1-3,5H2,(H,12,14). The molecule has 1 fully saturated rings. The Morgan fingerprint density at radius 1 is 1.47 bits per heavy atom. The van der Waals surface area contributed by atoms with Gasteiger partial charge in [-0.05, 0) is 18.9 Å². The highest BCUT2D eigenvalue weighted by molar-refractivity contribution is 6.09. The van der Waals surface area contributed by atoms with Crippen molar-refractivity contribution in [3.05, 3.63) is 24.2 Å². The number of carbonyl (C=O) groups is 2. The lowest BCUT2D eigenvalue weighted by Crippen LogP contribution is -2.33. The third kappa shape index (κ3) is 2.09. The Morgan fingerprint density at radius 2 is 2.33 bits per heavy atom. The topological polar surface area (TPSA) is 59.3 Å². The first kappa shape index (κ1) is 9.96. The van der Waals surface area contributed by atoms with Crippen LogP contribution in [-0.2, 0) is 4.79 Å². The Kier molecular flexibility index (Phi) is 2.85. The molecule has 1 amide bonds. The summed E-state index contributed by atoms with van der Waals surface area (Å²) in [6.45, 7) is 0.675. The molecule has 0 radical (unpaired) electrons. The van der Waals surface area contributed by atoms with E-state index < -0.39 is 5.92 Å². The fourth-order valence-corrected chi connectivity index (χ4v) is 1.80. The summed E-state index contributed by atoms with van der Waals surface area (Å²) < 4.78 is 4.84. The number of ketones is 1. The average Bonchev–Trinajstić information content (AvgIpc) is 2.68. The molecule has 0 bridgehead atoms. The normalized spacial score (nSPS) is 21.9. The van der Waals surface area contributed by atoms with Gasteiger partial charge in [0.1, 0.15) is 12.2 Å². The summed E-state index contributed by atoms with van der Waals surface area (Å²) in [6, 6.07) is 1.60. The average molecular weight is 207 g/mol. The third-order valence-corrected chi connectivity index (χ3v) is 2.66. The SMILES string of the molecule is O=C1NCCCCC1C(=O)c1ccoc1. The monoisotopic (exact) mass is 207 g/mol. The van der Waals surface area contributed by atoms with Crippen LogP contribution in [0.25, 0.3) is 0 Å². The summed E-state index contributed by atoms with van der Waals surface area (Å²) in [5.74, 6) is -0.827. The third-order valence-electron chi connectivity index (χ3n) is 2.66. The van der Waals surface area contributed by atoms with Crippen LogP contribution < -0.4 is 5.32 Å². The van der Waals surface area contributed by atoms with Gasteiger partial charge in [0.15, 0.2) is 5.78 Å². The molecular formula is C11H13NO3. The molecule has 0 spiro atoms. The predicted octanol–water partition coefficient (Wildman–Crippen LogP) is 1.38. The molecule has 1 aliphatic heterocycles. The summed E-state index contributed by atoms with van der Waals surface area (Å²) >= 11 is 0. The molecule has 4 nitrogen and oxygen atoms in total. The molecule has 1 aromatic heterocycles. The fourth-order valence-electron chi connectivity index (χ4n) is 1.80. The maximum atomic E-state index is 11.9. The lowest BCUT2D eigenvalue weighted by Gasteiger charge is -2.09. The second kappa shape index (κ2) is 4.29. The van der Waals surface area contributed by atoms with E-state index in [2.05, 4.69) is 5.32 Å². The minimum Gasteiger partial charge on any atom is -0.472 e. The van der Waals surface area contributed by atoms with Crippen molar-refractivity contribution < 1.29 is 14.0 Å². The van der Waals surface area contributed by atoms with Crippen molar-refractivity contribution in [2.45, 2.75) is 19.3 Å². The first-order valence-electron chi connectivity index (χ1n) is 5.13. The number of hydrogen-bond donors (Lipinski definition) is 1. The molecule has 2 rings (SSSR count). The van der Waals surface area contributed by atoms with Crippen LogP contribution in [-0.4, -0.2) is 18.2 Å². The van der Waals surface area contributed by atoms with E-state index in [1.807, 2.05) is 0 Å². The van der Waals surface area contributed by atoms with Gasteiger partial charge in [0, 0.05) is 6.54 Å². The zero-order chi connectivity index (χ0) is 10.7. The van der Waals surface area contributed by atoms with Crippen molar-refractivity contribution in [2.24, 2.45) is 5.92 Å². The largest absolute Gasteiger partial charge is 0.472 e. The van der Waals surface area contributed by atoms with Gasteiger partial charge in [-0.3, -0.25) is 9.59 Å². The van der Waals surface area contributed by atoms with Crippen LogP contribution in [0.15, 0.2) is 23.0 Å². The maximum Gasteiger partial charge on any atom is 0.230 e. The summed E-state index contributed by atoms with van der Waals surface area (Å²) in [7, 11) is 0. The molecule has 0 saturated carbocycles. The first-order valence-corrected chi connectivity index (χ1v) is 5.13. The van der Waals surface area contributed by atoms with Crippen molar-refractivity contribution in [3.8, 4) is 0 Å². The highest BCUT2D eigenvalue weighted by Crippen LogP contribution is 2.18. The number of hydrogen-bond acceptors (Lipinski definition) is 3. The van der Waals surface area contributed by atoms with Gasteiger partial charge in [-0.25, -0.2) is 0 Å². The van der Waals surface area contributed by atoms with Crippen molar-refractivity contribution in [1.82, 2.24) is 5.32 Å². The number of rotatable bonds is 2. The second-order valence-corrected chi connectivity index (χ2v) is 3.72. The molecule has 1 aliphatic rings. The zero-order valence-corrected chi connectivity index (χ0v) is 8.36. The molecule has 4 heteroatoms. The number of amides is 1. The van der Waals surface area contributed by atoms with Crippen LogP contribution in [0.2, 0.25) is 0 Å². The lowest BCUT2D eigenvalue weighted by atomic mass is 9.94. The Labute approximate surface area is 87.6 Å². The van der Waals surface area contributed by atoms with E-state index in [0.29, 0.717) is 18.5 Å².